The highest BCUT2D eigenvalue weighted by molar-refractivity contribution is 7.89. The lowest BCUT2D eigenvalue weighted by atomic mass is 10.1. The normalized spacial score (nSPS) is 11.6. The Balaban J connectivity index is 2.73. The van der Waals surface area contributed by atoms with E-state index in [1.807, 2.05) is 24.3 Å². The molecule has 0 aliphatic heterocycles. The first-order valence-electron chi connectivity index (χ1n) is 4.83. The molecule has 0 aliphatic carbocycles. The van der Waals surface area contributed by atoms with Gasteiger partial charge in [-0.1, -0.05) is 24.3 Å². The quantitative estimate of drug-likeness (QED) is 0.774. The third-order valence-electron chi connectivity index (χ3n) is 2.20. The van der Waals surface area contributed by atoms with E-state index in [1.165, 1.54) is 0 Å². The van der Waals surface area contributed by atoms with Crippen molar-refractivity contribution >= 4 is 10.0 Å². The molecule has 0 spiro atoms. The maximum atomic E-state index is 11.2. The van der Waals surface area contributed by atoms with Gasteiger partial charge in [0.2, 0.25) is 10.0 Å². The van der Waals surface area contributed by atoms with Crippen molar-refractivity contribution < 1.29 is 8.42 Å². The summed E-state index contributed by atoms with van der Waals surface area (Å²) >= 11 is 0. The first-order valence-corrected chi connectivity index (χ1v) is 6.48. The number of sulfonamides is 1. The molecule has 0 aromatic heterocycles. The van der Waals surface area contributed by atoms with Crippen LogP contribution in [0.25, 0.3) is 0 Å². The summed E-state index contributed by atoms with van der Waals surface area (Å²) in [5.41, 5.74) is 7.44. The fraction of sp³-hybridized carbons (Fsp3) is 0.400. The Bertz CT molecular complexity index is 415. The van der Waals surface area contributed by atoms with Crippen LogP contribution in [-0.4, -0.2) is 14.2 Å². The standard InChI is InChI=1S/C10H16N2O2S/c1-2-15(13,14)12-8-10-6-4-3-5-9(10)7-11/h3-6,12H,2,7-8,11H2,1H3. The van der Waals surface area contributed by atoms with Gasteiger partial charge in [0.05, 0.1) is 5.75 Å². The van der Waals surface area contributed by atoms with Crippen molar-refractivity contribution in [2.45, 2.75) is 20.0 Å². The molecule has 4 nitrogen and oxygen atoms in total. The van der Waals surface area contributed by atoms with Crippen molar-refractivity contribution in [1.29, 1.82) is 0 Å². The third-order valence-corrected chi connectivity index (χ3v) is 3.55. The third kappa shape index (κ3) is 3.62. The predicted octanol–water partition coefficient (Wildman–Crippen LogP) is 0.585. The van der Waals surface area contributed by atoms with Crippen molar-refractivity contribution in [2.24, 2.45) is 5.73 Å². The zero-order valence-corrected chi connectivity index (χ0v) is 9.55. The van der Waals surface area contributed by atoms with Crippen LogP contribution in [0, 0.1) is 0 Å². The molecule has 0 fully saturated rings. The summed E-state index contributed by atoms with van der Waals surface area (Å²) in [6, 6.07) is 7.53. The highest BCUT2D eigenvalue weighted by atomic mass is 32.2. The Labute approximate surface area is 90.5 Å². The van der Waals surface area contributed by atoms with E-state index < -0.39 is 10.0 Å². The molecule has 0 heterocycles. The SMILES string of the molecule is CCS(=O)(=O)NCc1ccccc1CN. The fourth-order valence-corrected chi connectivity index (χ4v) is 1.80. The van der Waals surface area contributed by atoms with Crippen LogP contribution >= 0.6 is 0 Å². The molecule has 84 valence electrons. The molecule has 0 radical (unpaired) electrons. The summed E-state index contributed by atoms with van der Waals surface area (Å²) in [6.07, 6.45) is 0. The van der Waals surface area contributed by atoms with E-state index in [-0.39, 0.29) is 5.75 Å². The van der Waals surface area contributed by atoms with Gasteiger partial charge in [-0.3, -0.25) is 0 Å². The van der Waals surface area contributed by atoms with Crippen molar-refractivity contribution in [1.82, 2.24) is 4.72 Å². The summed E-state index contributed by atoms with van der Waals surface area (Å²) in [6.45, 7) is 2.34. The zero-order valence-electron chi connectivity index (χ0n) is 8.73. The van der Waals surface area contributed by atoms with E-state index >= 15 is 0 Å². The molecule has 1 aromatic carbocycles. The summed E-state index contributed by atoms with van der Waals surface area (Å²) in [5, 5.41) is 0. The van der Waals surface area contributed by atoms with Gasteiger partial charge in [-0.05, 0) is 18.1 Å². The molecule has 0 saturated heterocycles. The Hall–Kier alpha value is -0.910. The van der Waals surface area contributed by atoms with Crippen molar-refractivity contribution in [3.05, 3.63) is 35.4 Å². The molecule has 0 bridgehead atoms. The lowest BCUT2D eigenvalue weighted by Crippen LogP contribution is -2.25. The number of rotatable bonds is 5. The van der Waals surface area contributed by atoms with Crippen LogP contribution in [0.4, 0.5) is 0 Å². The van der Waals surface area contributed by atoms with Gasteiger partial charge in [0.25, 0.3) is 0 Å². The number of nitrogens with two attached hydrogens (primary N) is 1. The molecule has 1 rings (SSSR count). The number of hydrogen-bond donors (Lipinski definition) is 2. The molecular weight excluding hydrogens is 212 g/mol. The molecule has 0 aliphatic rings. The Morgan fingerprint density at radius 2 is 1.87 bits per heavy atom. The maximum Gasteiger partial charge on any atom is 0.211 e. The maximum absolute atomic E-state index is 11.2. The molecular formula is C10H16N2O2S. The monoisotopic (exact) mass is 228 g/mol. The Morgan fingerprint density at radius 1 is 1.27 bits per heavy atom. The van der Waals surface area contributed by atoms with E-state index in [0.717, 1.165) is 11.1 Å². The van der Waals surface area contributed by atoms with Crippen molar-refractivity contribution in [2.75, 3.05) is 5.75 Å². The van der Waals surface area contributed by atoms with Gasteiger partial charge in [-0.25, -0.2) is 13.1 Å². The minimum atomic E-state index is -3.13. The number of hydrogen-bond acceptors (Lipinski definition) is 3. The van der Waals surface area contributed by atoms with Gasteiger partial charge in [0.1, 0.15) is 0 Å². The minimum Gasteiger partial charge on any atom is -0.326 e. The Kier molecular flexibility index (Phi) is 4.26. The molecule has 15 heavy (non-hydrogen) atoms. The fourth-order valence-electron chi connectivity index (χ4n) is 1.22. The van der Waals surface area contributed by atoms with Crippen LogP contribution in [0.1, 0.15) is 18.1 Å². The topological polar surface area (TPSA) is 72.2 Å². The molecule has 0 saturated carbocycles. The predicted molar refractivity (Wildman–Crippen MR) is 60.6 cm³/mol. The molecule has 1 aromatic rings. The van der Waals surface area contributed by atoms with Gasteiger partial charge in [-0.15, -0.1) is 0 Å². The van der Waals surface area contributed by atoms with E-state index in [2.05, 4.69) is 4.72 Å². The van der Waals surface area contributed by atoms with Crippen LogP contribution in [0.15, 0.2) is 24.3 Å². The van der Waals surface area contributed by atoms with Gasteiger partial charge < -0.3 is 5.73 Å². The molecule has 0 atom stereocenters. The molecule has 0 amide bonds. The average Bonchev–Trinajstić information content (AvgIpc) is 2.27. The molecule has 3 N–H and O–H groups in total. The summed E-state index contributed by atoms with van der Waals surface area (Å²) in [4.78, 5) is 0. The van der Waals surface area contributed by atoms with E-state index in [9.17, 15) is 8.42 Å². The lowest BCUT2D eigenvalue weighted by molar-refractivity contribution is 0.582. The summed E-state index contributed by atoms with van der Waals surface area (Å²) in [7, 11) is -3.13. The van der Waals surface area contributed by atoms with Crippen molar-refractivity contribution in [3.8, 4) is 0 Å². The highest BCUT2D eigenvalue weighted by Crippen LogP contribution is 2.07. The van der Waals surface area contributed by atoms with Gasteiger partial charge in [0, 0.05) is 13.1 Å². The van der Waals surface area contributed by atoms with Crippen molar-refractivity contribution in [3.63, 3.8) is 0 Å². The van der Waals surface area contributed by atoms with E-state index in [1.54, 1.807) is 6.92 Å². The van der Waals surface area contributed by atoms with Gasteiger partial charge in [-0.2, -0.15) is 0 Å². The van der Waals surface area contributed by atoms with Gasteiger partial charge in [0.15, 0.2) is 0 Å². The summed E-state index contributed by atoms with van der Waals surface area (Å²) in [5.74, 6) is 0.0950. The largest absolute Gasteiger partial charge is 0.326 e. The van der Waals surface area contributed by atoms with Crippen LogP contribution in [-0.2, 0) is 23.1 Å². The van der Waals surface area contributed by atoms with Crippen LogP contribution in [0.2, 0.25) is 0 Å². The van der Waals surface area contributed by atoms with Crippen LogP contribution < -0.4 is 10.5 Å². The van der Waals surface area contributed by atoms with E-state index in [4.69, 9.17) is 5.73 Å². The lowest BCUT2D eigenvalue weighted by Gasteiger charge is -2.08. The van der Waals surface area contributed by atoms with Crippen LogP contribution in [0.3, 0.4) is 0 Å². The van der Waals surface area contributed by atoms with E-state index in [0.29, 0.717) is 13.1 Å². The second kappa shape index (κ2) is 5.25. The van der Waals surface area contributed by atoms with Gasteiger partial charge >= 0.3 is 0 Å². The summed E-state index contributed by atoms with van der Waals surface area (Å²) < 4.78 is 25.0. The second-order valence-electron chi connectivity index (χ2n) is 3.20. The highest BCUT2D eigenvalue weighted by Gasteiger charge is 2.07. The first kappa shape index (κ1) is 12.2. The minimum absolute atomic E-state index is 0.0950. The molecule has 5 heteroatoms. The first-order chi connectivity index (χ1) is 7.09. The number of benzene rings is 1. The smallest absolute Gasteiger partial charge is 0.211 e. The second-order valence-corrected chi connectivity index (χ2v) is 5.29. The Morgan fingerprint density at radius 3 is 2.40 bits per heavy atom. The van der Waals surface area contributed by atoms with Crippen LogP contribution in [0.5, 0.6) is 0 Å². The zero-order chi connectivity index (χ0) is 11.3. The average molecular weight is 228 g/mol. The molecule has 0 unspecified atom stereocenters. The number of nitrogens with one attached hydrogen (secondary N) is 1.